The summed E-state index contributed by atoms with van der Waals surface area (Å²) in [6.45, 7) is 1.31. The van der Waals surface area contributed by atoms with E-state index in [-0.39, 0.29) is 17.3 Å². The van der Waals surface area contributed by atoms with Crippen LogP contribution in [0, 0.1) is 10.1 Å². The third kappa shape index (κ3) is 6.23. The highest BCUT2D eigenvalue weighted by Crippen LogP contribution is 2.19. The molecule has 0 aromatic heterocycles. The lowest BCUT2D eigenvalue weighted by molar-refractivity contribution is -0.385. The summed E-state index contributed by atoms with van der Waals surface area (Å²) in [5.41, 5.74) is 0.951. The Morgan fingerprint density at radius 2 is 2.00 bits per heavy atom. The van der Waals surface area contributed by atoms with Gasteiger partial charge in [0.2, 0.25) is 0 Å². The van der Waals surface area contributed by atoms with E-state index in [2.05, 4.69) is 5.32 Å². The van der Waals surface area contributed by atoms with E-state index in [9.17, 15) is 19.7 Å². The molecule has 1 amide bonds. The zero-order valence-electron chi connectivity index (χ0n) is 14.4. The van der Waals surface area contributed by atoms with Crippen LogP contribution in [0.1, 0.15) is 24.1 Å². The molecule has 0 fully saturated rings. The van der Waals surface area contributed by atoms with Crippen LogP contribution in [0.15, 0.2) is 54.6 Å². The van der Waals surface area contributed by atoms with Gasteiger partial charge in [-0.2, -0.15) is 0 Å². The van der Waals surface area contributed by atoms with Crippen LogP contribution in [-0.2, 0) is 14.3 Å². The topological polar surface area (TPSA) is 98.5 Å². The quantitative estimate of drug-likeness (QED) is 0.337. The fourth-order valence-electron chi connectivity index (χ4n) is 2.28. The molecule has 1 atom stereocenters. The number of hydrogen-bond donors (Lipinski definition) is 1. The van der Waals surface area contributed by atoms with Crippen LogP contribution in [0.2, 0.25) is 5.02 Å². The van der Waals surface area contributed by atoms with Gasteiger partial charge < -0.3 is 10.1 Å². The molecule has 2 aromatic rings. The number of carbonyl (C=O) groups is 2. The molecule has 140 valence electrons. The average Bonchev–Trinajstić information content (AvgIpc) is 2.64. The van der Waals surface area contributed by atoms with E-state index < -0.39 is 23.4 Å². The van der Waals surface area contributed by atoms with E-state index in [4.69, 9.17) is 16.3 Å². The highest BCUT2D eigenvalue weighted by Gasteiger charge is 2.12. The number of esters is 1. The normalized spacial score (nSPS) is 11.8. The summed E-state index contributed by atoms with van der Waals surface area (Å²) in [5.74, 6) is -1.26. The summed E-state index contributed by atoms with van der Waals surface area (Å²) in [6, 6.07) is 12.7. The number of amides is 1. The van der Waals surface area contributed by atoms with Crippen molar-refractivity contribution in [1.29, 1.82) is 0 Å². The molecule has 0 aliphatic carbocycles. The van der Waals surface area contributed by atoms with Gasteiger partial charge in [0.25, 0.3) is 11.6 Å². The highest BCUT2D eigenvalue weighted by molar-refractivity contribution is 6.30. The van der Waals surface area contributed by atoms with Gasteiger partial charge in [-0.1, -0.05) is 35.9 Å². The van der Waals surface area contributed by atoms with Crippen molar-refractivity contribution in [3.63, 3.8) is 0 Å². The first kappa shape index (κ1) is 20.1. The first-order valence-corrected chi connectivity index (χ1v) is 8.37. The molecule has 0 heterocycles. The number of halogens is 1. The molecular formula is C19H17ClN2O5. The van der Waals surface area contributed by atoms with Crippen molar-refractivity contribution in [2.24, 2.45) is 0 Å². The van der Waals surface area contributed by atoms with E-state index in [1.54, 1.807) is 31.2 Å². The molecule has 0 aliphatic rings. The van der Waals surface area contributed by atoms with Gasteiger partial charge in [-0.15, -0.1) is 0 Å². The summed E-state index contributed by atoms with van der Waals surface area (Å²) in [4.78, 5) is 34.0. The zero-order chi connectivity index (χ0) is 19.8. The van der Waals surface area contributed by atoms with Crippen molar-refractivity contribution in [2.75, 3.05) is 6.61 Å². The molecule has 8 heteroatoms. The summed E-state index contributed by atoms with van der Waals surface area (Å²) >= 11 is 5.91. The van der Waals surface area contributed by atoms with Crippen molar-refractivity contribution in [3.8, 4) is 0 Å². The molecule has 0 aliphatic heterocycles. The van der Waals surface area contributed by atoms with Gasteiger partial charge in [-0.3, -0.25) is 14.9 Å². The van der Waals surface area contributed by atoms with Crippen LogP contribution in [0.4, 0.5) is 5.69 Å². The molecule has 1 N–H and O–H groups in total. The summed E-state index contributed by atoms with van der Waals surface area (Å²) in [5, 5.41) is 14.2. The maximum atomic E-state index is 11.9. The molecule has 0 bridgehead atoms. The number of nitrogens with one attached hydrogen (secondary N) is 1. The Hall–Kier alpha value is -3.19. The largest absolute Gasteiger partial charge is 0.452 e. The lowest BCUT2D eigenvalue weighted by atomic mass is 10.1. The molecule has 2 rings (SSSR count). The summed E-state index contributed by atoms with van der Waals surface area (Å²) < 4.78 is 4.85. The number of hydrogen-bond acceptors (Lipinski definition) is 5. The number of rotatable bonds is 7. The van der Waals surface area contributed by atoms with Gasteiger partial charge in [0, 0.05) is 17.2 Å². The predicted octanol–water partition coefficient (Wildman–Crippen LogP) is 3.68. The van der Waals surface area contributed by atoms with E-state index in [1.807, 2.05) is 6.07 Å². The fraction of sp³-hybridized carbons (Fsp3) is 0.158. The van der Waals surface area contributed by atoms with Crippen molar-refractivity contribution in [2.45, 2.75) is 13.0 Å². The Balaban J connectivity index is 1.86. The maximum Gasteiger partial charge on any atom is 0.331 e. The van der Waals surface area contributed by atoms with Crippen LogP contribution in [0.5, 0.6) is 0 Å². The lowest BCUT2D eigenvalue weighted by Crippen LogP contribution is -2.30. The Morgan fingerprint density at radius 1 is 1.26 bits per heavy atom. The number of nitro groups is 1. The van der Waals surface area contributed by atoms with Crippen molar-refractivity contribution in [3.05, 3.63) is 80.9 Å². The van der Waals surface area contributed by atoms with Gasteiger partial charge in [-0.05, 0) is 36.8 Å². The number of nitro benzene ring substituents is 1. The lowest BCUT2D eigenvalue weighted by Gasteiger charge is -2.14. The second-order valence-electron chi connectivity index (χ2n) is 5.60. The van der Waals surface area contributed by atoms with E-state index in [0.29, 0.717) is 5.02 Å². The highest BCUT2D eigenvalue weighted by atomic mass is 35.5. The molecule has 0 saturated heterocycles. The maximum absolute atomic E-state index is 11.9. The van der Waals surface area contributed by atoms with Crippen molar-refractivity contribution < 1.29 is 19.2 Å². The summed E-state index contributed by atoms with van der Waals surface area (Å²) in [6.07, 6.45) is 2.31. The third-order valence-corrected chi connectivity index (χ3v) is 3.84. The van der Waals surface area contributed by atoms with Crippen molar-refractivity contribution in [1.82, 2.24) is 5.32 Å². The fourth-order valence-corrected chi connectivity index (χ4v) is 2.48. The Morgan fingerprint density at radius 3 is 2.70 bits per heavy atom. The molecule has 0 radical (unpaired) electrons. The molecule has 0 saturated carbocycles. The minimum absolute atomic E-state index is 0.130. The SMILES string of the molecule is C[C@@H](NC(=O)COC(=O)/C=C/c1ccccc1[N+](=O)[O-])c1cccc(Cl)c1. The van der Waals surface area contributed by atoms with E-state index in [0.717, 1.165) is 11.6 Å². The molecule has 7 nitrogen and oxygen atoms in total. The summed E-state index contributed by atoms with van der Waals surface area (Å²) in [7, 11) is 0. The predicted molar refractivity (Wildman–Crippen MR) is 101 cm³/mol. The van der Waals surface area contributed by atoms with Crippen LogP contribution >= 0.6 is 11.6 Å². The Kier molecular flexibility index (Phi) is 7.08. The third-order valence-electron chi connectivity index (χ3n) is 3.60. The van der Waals surface area contributed by atoms with E-state index in [1.165, 1.54) is 24.3 Å². The Bertz CT molecular complexity index is 882. The van der Waals surface area contributed by atoms with Gasteiger partial charge in [0.05, 0.1) is 16.5 Å². The first-order valence-electron chi connectivity index (χ1n) is 8.00. The molecule has 27 heavy (non-hydrogen) atoms. The smallest absolute Gasteiger partial charge is 0.331 e. The van der Waals surface area contributed by atoms with Crippen LogP contribution in [0.25, 0.3) is 6.08 Å². The molecule has 0 spiro atoms. The van der Waals surface area contributed by atoms with Gasteiger partial charge >= 0.3 is 5.97 Å². The monoisotopic (exact) mass is 388 g/mol. The molecule has 0 unspecified atom stereocenters. The van der Waals surface area contributed by atoms with E-state index >= 15 is 0 Å². The first-order chi connectivity index (χ1) is 12.9. The number of benzene rings is 2. The van der Waals surface area contributed by atoms with Crippen LogP contribution < -0.4 is 5.32 Å². The van der Waals surface area contributed by atoms with Gasteiger partial charge in [0.1, 0.15) is 0 Å². The Labute approximate surface area is 160 Å². The minimum atomic E-state index is -0.779. The molecular weight excluding hydrogens is 372 g/mol. The number of ether oxygens (including phenoxy) is 1. The second kappa shape index (κ2) is 9.49. The van der Waals surface area contributed by atoms with Gasteiger partial charge in [-0.25, -0.2) is 4.79 Å². The van der Waals surface area contributed by atoms with Crippen LogP contribution in [-0.4, -0.2) is 23.4 Å². The standard InChI is InChI=1S/C19H17ClN2O5/c1-13(15-6-4-7-16(20)11-15)21-18(23)12-27-19(24)10-9-14-5-2-3-8-17(14)22(25)26/h2-11,13H,12H2,1H3,(H,21,23)/b10-9+/t13-/m1/s1. The second-order valence-corrected chi connectivity index (χ2v) is 6.04. The minimum Gasteiger partial charge on any atom is -0.452 e. The molecule has 2 aromatic carbocycles. The van der Waals surface area contributed by atoms with Gasteiger partial charge in [0.15, 0.2) is 6.61 Å². The number of carbonyl (C=O) groups excluding carboxylic acids is 2. The van der Waals surface area contributed by atoms with Crippen molar-refractivity contribution >= 4 is 35.2 Å². The zero-order valence-corrected chi connectivity index (χ0v) is 15.2. The number of nitrogens with zero attached hydrogens (tertiary/aromatic N) is 1. The number of para-hydroxylation sites is 1. The average molecular weight is 389 g/mol. The van der Waals surface area contributed by atoms with Crippen LogP contribution in [0.3, 0.4) is 0 Å².